The molecule has 5 heteroatoms. The SMILES string of the molecule is c1ccc(C2=NC(c3cccc(-c4ccc5c6c(ccc5c4)NC(c4ccccc4)O6)c3)NC(c3ccc4ccccc4c3)N2)cc1. The van der Waals surface area contributed by atoms with Crippen molar-refractivity contribution in [3.8, 4) is 16.9 Å². The third kappa shape index (κ3) is 5.17. The van der Waals surface area contributed by atoms with Crippen molar-refractivity contribution < 1.29 is 4.74 Å². The summed E-state index contributed by atoms with van der Waals surface area (Å²) in [5, 5.41) is 15.7. The first-order valence-corrected chi connectivity index (χ1v) is 16.0. The van der Waals surface area contributed by atoms with Gasteiger partial charge in [-0.25, -0.2) is 4.99 Å². The first kappa shape index (κ1) is 27.4. The number of anilines is 1. The molecule has 0 fully saturated rings. The summed E-state index contributed by atoms with van der Waals surface area (Å²) in [4.78, 5) is 5.19. The van der Waals surface area contributed by atoms with Gasteiger partial charge in [0.2, 0.25) is 0 Å². The molecule has 226 valence electrons. The Morgan fingerprint density at radius 3 is 2.09 bits per heavy atom. The first-order chi connectivity index (χ1) is 23.2. The van der Waals surface area contributed by atoms with Gasteiger partial charge in [-0.05, 0) is 68.7 Å². The molecule has 3 atom stereocenters. The standard InChI is InChI=1S/C42H32N4O/c1-3-11-28(12-4-1)39-44-40(46-41(45-39)35-19-18-27-10-7-8-15-30(27)25-35)34-17-9-16-31(26-34)32-20-22-36-33(24-32)21-23-37-38(36)47-42(43-37)29-13-5-2-6-14-29/h1-26,40-43,46H,(H,44,45). The van der Waals surface area contributed by atoms with E-state index in [0.717, 1.165) is 55.9 Å². The van der Waals surface area contributed by atoms with Gasteiger partial charge in [0.25, 0.3) is 0 Å². The number of nitrogens with zero attached hydrogens (tertiary/aromatic N) is 1. The van der Waals surface area contributed by atoms with Gasteiger partial charge in [0.05, 0.1) is 5.69 Å². The molecule has 0 radical (unpaired) electrons. The van der Waals surface area contributed by atoms with Gasteiger partial charge in [0.15, 0.2) is 12.0 Å². The fourth-order valence-electron chi connectivity index (χ4n) is 6.71. The minimum absolute atomic E-state index is 0.114. The Bertz CT molecular complexity index is 2280. The second-order valence-electron chi connectivity index (χ2n) is 12.2. The highest BCUT2D eigenvalue weighted by atomic mass is 16.5. The summed E-state index contributed by atoms with van der Waals surface area (Å²) < 4.78 is 6.43. The van der Waals surface area contributed by atoms with Crippen molar-refractivity contribution in [3.05, 3.63) is 180 Å². The molecule has 0 saturated heterocycles. The fourth-order valence-corrected chi connectivity index (χ4v) is 6.71. The largest absolute Gasteiger partial charge is 0.464 e. The molecule has 0 bridgehead atoms. The van der Waals surface area contributed by atoms with E-state index in [0.29, 0.717) is 0 Å². The monoisotopic (exact) mass is 608 g/mol. The maximum atomic E-state index is 6.43. The summed E-state index contributed by atoms with van der Waals surface area (Å²) in [5.74, 6) is 1.78. The molecule has 0 saturated carbocycles. The van der Waals surface area contributed by atoms with Gasteiger partial charge >= 0.3 is 0 Å². The highest BCUT2D eigenvalue weighted by molar-refractivity contribution is 6.00. The normalized spacial score (nSPS) is 18.6. The number of hydrogen-bond donors (Lipinski definition) is 3. The summed E-state index contributed by atoms with van der Waals surface area (Å²) in [6.07, 6.45) is -0.538. The maximum absolute atomic E-state index is 6.43. The minimum atomic E-state index is -0.235. The van der Waals surface area contributed by atoms with E-state index in [4.69, 9.17) is 9.73 Å². The Morgan fingerprint density at radius 2 is 1.21 bits per heavy atom. The molecular weight excluding hydrogens is 576 g/mol. The molecule has 7 aromatic rings. The number of amidine groups is 1. The molecule has 9 rings (SSSR count). The number of ether oxygens (including phenoxy) is 1. The van der Waals surface area contributed by atoms with Crippen molar-refractivity contribution in [2.75, 3.05) is 5.32 Å². The molecule has 7 aromatic carbocycles. The number of rotatable bonds is 5. The number of hydrogen-bond acceptors (Lipinski definition) is 5. The van der Waals surface area contributed by atoms with Crippen LogP contribution in [0.2, 0.25) is 0 Å². The molecule has 0 aliphatic carbocycles. The predicted molar refractivity (Wildman–Crippen MR) is 191 cm³/mol. The summed E-state index contributed by atoms with van der Waals surface area (Å²) in [6.45, 7) is 0. The molecule has 0 spiro atoms. The lowest BCUT2D eigenvalue weighted by Crippen LogP contribution is -2.44. The van der Waals surface area contributed by atoms with Crippen molar-refractivity contribution >= 4 is 33.1 Å². The van der Waals surface area contributed by atoms with Gasteiger partial charge in [-0.15, -0.1) is 0 Å². The Balaban J connectivity index is 1.05. The second-order valence-corrected chi connectivity index (χ2v) is 12.2. The minimum Gasteiger partial charge on any atom is -0.464 e. The third-order valence-electron chi connectivity index (χ3n) is 9.15. The fraction of sp³-hybridized carbons (Fsp3) is 0.0714. The summed E-state index contributed by atoms with van der Waals surface area (Å²) >= 11 is 0. The van der Waals surface area contributed by atoms with Crippen molar-refractivity contribution in [2.45, 2.75) is 18.6 Å². The number of benzene rings is 7. The van der Waals surface area contributed by atoms with E-state index < -0.39 is 0 Å². The molecule has 3 unspecified atom stereocenters. The van der Waals surface area contributed by atoms with Crippen LogP contribution in [0, 0.1) is 0 Å². The Morgan fingerprint density at radius 1 is 0.489 bits per heavy atom. The van der Waals surface area contributed by atoms with Crippen molar-refractivity contribution in [1.82, 2.24) is 10.6 Å². The van der Waals surface area contributed by atoms with Crippen LogP contribution in [0.4, 0.5) is 5.69 Å². The Kier molecular flexibility index (Phi) is 6.69. The summed E-state index contributed by atoms with van der Waals surface area (Å²) in [5.41, 5.74) is 7.76. The van der Waals surface area contributed by atoms with E-state index in [1.165, 1.54) is 16.3 Å². The summed E-state index contributed by atoms with van der Waals surface area (Å²) in [6, 6.07) is 55.4. The third-order valence-corrected chi connectivity index (χ3v) is 9.15. The second kappa shape index (κ2) is 11.5. The first-order valence-electron chi connectivity index (χ1n) is 16.0. The van der Waals surface area contributed by atoms with E-state index in [1.54, 1.807) is 0 Å². The van der Waals surface area contributed by atoms with Gasteiger partial charge in [-0.1, -0.05) is 127 Å². The van der Waals surface area contributed by atoms with E-state index in [9.17, 15) is 0 Å². The Labute approximate surface area is 273 Å². The zero-order valence-electron chi connectivity index (χ0n) is 25.6. The predicted octanol–water partition coefficient (Wildman–Crippen LogP) is 9.50. The van der Waals surface area contributed by atoms with Crippen LogP contribution >= 0.6 is 0 Å². The van der Waals surface area contributed by atoms with E-state index >= 15 is 0 Å². The van der Waals surface area contributed by atoms with Crippen LogP contribution < -0.4 is 20.7 Å². The van der Waals surface area contributed by atoms with Crippen LogP contribution in [-0.4, -0.2) is 5.84 Å². The van der Waals surface area contributed by atoms with E-state index in [-0.39, 0.29) is 18.6 Å². The quantitative estimate of drug-likeness (QED) is 0.182. The van der Waals surface area contributed by atoms with Gasteiger partial charge in [-0.3, -0.25) is 5.32 Å². The molecule has 2 aliphatic heterocycles. The number of nitrogens with one attached hydrogen (secondary N) is 3. The lowest BCUT2D eigenvalue weighted by Gasteiger charge is -2.32. The zero-order valence-corrected chi connectivity index (χ0v) is 25.6. The van der Waals surface area contributed by atoms with Gasteiger partial charge in [0.1, 0.15) is 18.2 Å². The van der Waals surface area contributed by atoms with E-state index in [2.05, 4.69) is 149 Å². The number of aliphatic imine (C=N–C) groups is 1. The average molecular weight is 609 g/mol. The highest BCUT2D eigenvalue weighted by Gasteiger charge is 2.27. The van der Waals surface area contributed by atoms with Crippen molar-refractivity contribution in [1.29, 1.82) is 0 Å². The zero-order chi connectivity index (χ0) is 31.2. The van der Waals surface area contributed by atoms with Crippen LogP contribution in [0.5, 0.6) is 5.75 Å². The molecular formula is C42H32N4O. The molecule has 0 aromatic heterocycles. The van der Waals surface area contributed by atoms with Gasteiger partial charge in [0, 0.05) is 16.5 Å². The van der Waals surface area contributed by atoms with Gasteiger partial charge < -0.3 is 15.4 Å². The Hall–Kier alpha value is -5.91. The molecule has 3 N–H and O–H groups in total. The molecule has 5 nitrogen and oxygen atoms in total. The van der Waals surface area contributed by atoms with Gasteiger partial charge in [-0.2, -0.15) is 0 Å². The lowest BCUT2D eigenvalue weighted by atomic mass is 9.98. The van der Waals surface area contributed by atoms with Crippen LogP contribution in [0.25, 0.3) is 32.7 Å². The molecule has 2 aliphatic rings. The summed E-state index contributed by atoms with van der Waals surface area (Å²) in [7, 11) is 0. The lowest BCUT2D eigenvalue weighted by molar-refractivity contribution is 0.262. The highest BCUT2D eigenvalue weighted by Crippen LogP contribution is 2.44. The molecule has 0 amide bonds. The van der Waals surface area contributed by atoms with Crippen molar-refractivity contribution in [2.24, 2.45) is 4.99 Å². The average Bonchev–Trinajstić information content (AvgIpc) is 3.60. The molecule has 47 heavy (non-hydrogen) atoms. The maximum Gasteiger partial charge on any atom is 0.196 e. The number of fused-ring (bicyclic) bond motifs is 4. The van der Waals surface area contributed by atoms with Crippen LogP contribution in [0.1, 0.15) is 40.8 Å². The van der Waals surface area contributed by atoms with Crippen LogP contribution in [0.15, 0.2) is 163 Å². The molecule has 2 heterocycles. The van der Waals surface area contributed by atoms with E-state index in [1.807, 2.05) is 24.3 Å². The van der Waals surface area contributed by atoms with Crippen LogP contribution in [-0.2, 0) is 0 Å². The van der Waals surface area contributed by atoms with Crippen LogP contribution in [0.3, 0.4) is 0 Å². The van der Waals surface area contributed by atoms with Crippen molar-refractivity contribution in [3.63, 3.8) is 0 Å². The topological polar surface area (TPSA) is 57.7 Å². The smallest absolute Gasteiger partial charge is 0.196 e.